The van der Waals surface area contributed by atoms with E-state index in [1.165, 1.54) is 12.4 Å². The van der Waals surface area contributed by atoms with E-state index in [1.807, 2.05) is 5.43 Å². The largest absolute Gasteiger partial charge is 0.304 e. The summed E-state index contributed by atoms with van der Waals surface area (Å²) < 4.78 is 1.59. The molecule has 0 aromatic carbocycles. The number of rotatable bonds is 4. The molecular formula is C13H12N8O2. The highest BCUT2D eigenvalue weighted by molar-refractivity contribution is 5.97. The molecule has 2 rings (SSSR count). The second kappa shape index (κ2) is 6.98. The van der Waals surface area contributed by atoms with Gasteiger partial charge in [-0.25, -0.2) is 15.8 Å². The molecule has 0 fully saturated rings. The second-order valence-corrected chi connectivity index (χ2v) is 4.36. The zero-order valence-corrected chi connectivity index (χ0v) is 12.0. The van der Waals surface area contributed by atoms with E-state index >= 15 is 0 Å². The Kier molecular flexibility index (Phi) is 4.82. The van der Waals surface area contributed by atoms with E-state index in [9.17, 15) is 9.59 Å². The maximum Gasteiger partial charge on any atom is 0.269 e. The Morgan fingerprint density at radius 3 is 2.87 bits per heavy atom. The van der Waals surface area contributed by atoms with Crippen molar-refractivity contribution < 1.29 is 9.59 Å². The van der Waals surface area contributed by atoms with E-state index in [-0.39, 0.29) is 5.69 Å². The zero-order valence-electron chi connectivity index (χ0n) is 12.0. The average molecular weight is 312 g/mol. The third-order valence-electron chi connectivity index (χ3n) is 2.77. The minimum absolute atomic E-state index is 0.0597. The lowest BCUT2D eigenvalue weighted by molar-refractivity contribution is -0.116. The highest BCUT2D eigenvalue weighted by Gasteiger charge is 2.14. The van der Waals surface area contributed by atoms with Crippen molar-refractivity contribution in [2.24, 2.45) is 11.0 Å². The number of imidazole rings is 1. The summed E-state index contributed by atoms with van der Waals surface area (Å²) in [6.45, 7) is 1.79. The molecule has 2 amide bonds. The Morgan fingerprint density at radius 1 is 1.48 bits per heavy atom. The molecule has 10 nitrogen and oxygen atoms in total. The molecule has 0 atom stereocenters. The molecule has 0 unspecified atom stereocenters. The van der Waals surface area contributed by atoms with Gasteiger partial charge in [0.1, 0.15) is 5.69 Å². The molecular weight excluding hydrogens is 300 g/mol. The lowest BCUT2D eigenvalue weighted by atomic mass is 10.2. The molecule has 2 aromatic heterocycles. The maximum atomic E-state index is 12.0. The van der Waals surface area contributed by atoms with Crippen LogP contribution in [0, 0.1) is 6.92 Å². The monoisotopic (exact) mass is 312 g/mol. The first-order valence-electron chi connectivity index (χ1n) is 6.35. The van der Waals surface area contributed by atoms with Crippen LogP contribution in [0.5, 0.6) is 0 Å². The summed E-state index contributed by atoms with van der Waals surface area (Å²) in [4.78, 5) is 33.7. The summed E-state index contributed by atoms with van der Waals surface area (Å²) >= 11 is 0. The molecule has 23 heavy (non-hydrogen) atoms. The number of carbonyl (C=O) groups is 2. The molecule has 0 radical (unpaired) electrons. The number of carbonyl (C=O) groups excluding carboxylic acids is 2. The van der Waals surface area contributed by atoms with Crippen LogP contribution in [0.2, 0.25) is 0 Å². The molecule has 2 heterocycles. The Hall–Kier alpha value is -3.49. The normalized spacial score (nSPS) is 10.3. The van der Waals surface area contributed by atoms with E-state index in [0.29, 0.717) is 11.4 Å². The number of hydrogen-bond acceptors (Lipinski definition) is 5. The Morgan fingerprint density at radius 2 is 2.26 bits per heavy atom. The lowest BCUT2D eigenvalue weighted by Gasteiger charge is -2.07. The lowest BCUT2D eigenvalue weighted by Crippen LogP contribution is -2.27. The fourth-order valence-electron chi connectivity index (χ4n) is 1.78. The van der Waals surface area contributed by atoms with Crippen LogP contribution in [0.25, 0.3) is 22.2 Å². The van der Waals surface area contributed by atoms with Crippen LogP contribution in [0.4, 0.5) is 0 Å². The van der Waals surface area contributed by atoms with E-state index in [2.05, 4.69) is 20.0 Å². The van der Waals surface area contributed by atoms with Gasteiger partial charge in [-0.1, -0.05) is 0 Å². The number of aromatic nitrogens is 3. The van der Waals surface area contributed by atoms with Gasteiger partial charge in [-0.15, -0.1) is 0 Å². The van der Waals surface area contributed by atoms with Crippen LogP contribution in [0.15, 0.2) is 35.8 Å². The number of nitrogens with one attached hydrogen (secondary N) is 1. The molecule has 0 aliphatic rings. The summed E-state index contributed by atoms with van der Waals surface area (Å²) in [6, 6.07) is 3.20. The molecule has 0 aliphatic heterocycles. The SMILES string of the molecule is Cc1cn(-c2ccc(/C=C/C(=O)NN)nc2C(=O)N=[N+]=[N-])cn1. The smallest absolute Gasteiger partial charge is 0.269 e. The maximum absolute atomic E-state index is 12.0. The Bertz CT molecular complexity index is 832. The molecule has 2 aromatic rings. The molecule has 0 bridgehead atoms. The molecule has 0 spiro atoms. The minimum atomic E-state index is -0.840. The van der Waals surface area contributed by atoms with Gasteiger partial charge in [0.15, 0.2) is 0 Å². The summed E-state index contributed by atoms with van der Waals surface area (Å²) in [5.41, 5.74) is 11.8. The van der Waals surface area contributed by atoms with Gasteiger partial charge in [0, 0.05) is 17.2 Å². The first kappa shape index (κ1) is 15.9. The fraction of sp³-hybridized carbons (Fsp3) is 0.0769. The quantitative estimate of drug-likeness (QED) is 0.164. The van der Waals surface area contributed by atoms with Gasteiger partial charge < -0.3 is 4.57 Å². The number of azide groups is 1. The number of nitrogens with zero attached hydrogens (tertiary/aromatic N) is 6. The van der Waals surface area contributed by atoms with Gasteiger partial charge >= 0.3 is 0 Å². The van der Waals surface area contributed by atoms with Crippen LogP contribution in [0.3, 0.4) is 0 Å². The van der Waals surface area contributed by atoms with Crippen LogP contribution in [0.1, 0.15) is 21.9 Å². The van der Waals surface area contributed by atoms with Crippen LogP contribution in [-0.2, 0) is 4.79 Å². The number of hydrazine groups is 1. The number of pyridine rings is 1. The molecule has 3 N–H and O–H groups in total. The van der Waals surface area contributed by atoms with Crippen molar-refractivity contribution in [2.75, 3.05) is 0 Å². The summed E-state index contributed by atoms with van der Waals surface area (Å²) in [5, 5.41) is 3.06. The highest BCUT2D eigenvalue weighted by Crippen LogP contribution is 2.16. The topological polar surface area (TPSA) is 152 Å². The Balaban J connectivity index is 2.51. The van der Waals surface area contributed by atoms with Gasteiger partial charge in [-0.05, 0) is 35.8 Å². The van der Waals surface area contributed by atoms with E-state index < -0.39 is 11.8 Å². The standard InChI is InChI=1S/C13H12N8O2/c1-8-6-21(7-16-8)10-4-2-9(3-5-11(22)18-14)17-12(10)13(23)19-20-15/h2-7H,14H2,1H3,(H,18,22)/b5-3+. The molecule has 116 valence electrons. The van der Waals surface area contributed by atoms with Gasteiger partial charge in [-0.2, -0.15) is 0 Å². The summed E-state index contributed by atoms with van der Waals surface area (Å²) in [6.07, 6.45) is 5.74. The van der Waals surface area contributed by atoms with Crippen molar-refractivity contribution in [1.82, 2.24) is 20.0 Å². The number of aryl methyl sites for hydroxylation is 1. The van der Waals surface area contributed by atoms with Crippen molar-refractivity contribution in [2.45, 2.75) is 6.92 Å². The molecule has 0 saturated heterocycles. The third-order valence-corrected chi connectivity index (χ3v) is 2.77. The van der Waals surface area contributed by atoms with Gasteiger partial charge in [0.25, 0.3) is 11.8 Å². The molecule has 10 heteroatoms. The van der Waals surface area contributed by atoms with Crippen LogP contribution < -0.4 is 11.3 Å². The average Bonchev–Trinajstić information content (AvgIpc) is 2.98. The zero-order chi connectivity index (χ0) is 16.8. The second-order valence-electron chi connectivity index (χ2n) is 4.36. The first-order valence-corrected chi connectivity index (χ1v) is 6.35. The highest BCUT2D eigenvalue weighted by atomic mass is 16.2. The van der Waals surface area contributed by atoms with Crippen LogP contribution in [-0.4, -0.2) is 26.3 Å². The van der Waals surface area contributed by atoms with Crippen molar-refractivity contribution in [3.8, 4) is 5.69 Å². The first-order chi connectivity index (χ1) is 11.0. The van der Waals surface area contributed by atoms with Crippen LogP contribution >= 0.6 is 0 Å². The van der Waals surface area contributed by atoms with Crippen molar-refractivity contribution in [3.05, 3.63) is 58.3 Å². The van der Waals surface area contributed by atoms with E-state index in [0.717, 1.165) is 11.8 Å². The number of amides is 2. The predicted molar refractivity (Wildman–Crippen MR) is 80.9 cm³/mol. The van der Waals surface area contributed by atoms with Gasteiger partial charge in [-0.3, -0.25) is 15.0 Å². The van der Waals surface area contributed by atoms with Gasteiger partial charge in [0.2, 0.25) is 0 Å². The van der Waals surface area contributed by atoms with E-state index in [4.69, 9.17) is 11.4 Å². The van der Waals surface area contributed by atoms with Crippen molar-refractivity contribution in [3.63, 3.8) is 0 Å². The summed E-state index contributed by atoms with van der Waals surface area (Å²) in [7, 11) is 0. The fourth-order valence-corrected chi connectivity index (χ4v) is 1.78. The molecule has 0 aliphatic carbocycles. The summed E-state index contributed by atoms with van der Waals surface area (Å²) in [5.74, 6) is 3.60. The third kappa shape index (κ3) is 3.79. The Labute approximate surface area is 130 Å². The number of hydrogen-bond donors (Lipinski definition) is 2. The minimum Gasteiger partial charge on any atom is -0.304 e. The van der Waals surface area contributed by atoms with Gasteiger partial charge in [0.05, 0.1) is 23.4 Å². The molecule has 0 saturated carbocycles. The van der Waals surface area contributed by atoms with Crippen molar-refractivity contribution >= 4 is 17.9 Å². The number of nitrogens with two attached hydrogens (primary N) is 1. The van der Waals surface area contributed by atoms with E-state index in [1.54, 1.807) is 29.8 Å². The van der Waals surface area contributed by atoms with Crippen molar-refractivity contribution in [1.29, 1.82) is 0 Å². The predicted octanol–water partition coefficient (Wildman–Crippen LogP) is 1.03.